The first-order valence-electron chi connectivity index (χ1n) is 9.51. The number of ether oxygens (including phenoxy) is 3. The Morgan fingerprint density at radius 2 is 2.00 bits per heavy atom. The van der Waals surface area contributed by atoms with Crippen molar-refractivity contribution in [3.05, 3.63) is 41.2 Å². The topological polar surface area (TPSA) is 110 Å². The molecule has 0 bridgehead atoms. The lowest BCUT2D eigenvalue weighted by molar-refractivity contribution is -0.157. The summed E-state index contributed by atoms with van der Waals surface area (Å²) in [5.41, 5.74) is -0.528. The highest BCUT2D eigenvalue weighted by Crippen LogP contribution is 2.30. The number of fused-ring (bicyclic) bond motifs is 1. The highest BCUT2D eigenvalue weighted by Gasteiger charge is 2.23. The average molecular weight is 415 g/mol. The molecule has 10 nitrogen and oxygen atoms in total. The molecule has 10 heteroatoms. The maximum Gasteiger partial charge on any atom is 0.312 e. The van der Waals surface area contributed by atoms with E-state index in [1.54, 1.807) is 50.0 Å². The quantitative estimate of drug-likeness (QED) is 0.406. The van der Waals surface area contributed by atoms with E-state index in [9.17, 15) is 9.59 Å². The second kappa shape index (κ2) is 8.93. The van der Waals surface area contributed by atoms with E-state index < -0.39 is 11.4 Å². The Balaban J connectivity index is 1.74. The highest BCUT2D eigenvalue weighted by atomic mass is 16.5. The normalized spacial score (nSPS) is 11.5. The van der Waals surface area contributed by atoms with E-state index in [0.717, 1.165) is 6.42 Å². The van der Waals surface area contributed by atoms with Gasteiger partial charge in [0.25, 0.3) is 5.56 Å². The maximum atomic E-state index is 12.8. The molecular weight excluding hydrogens is 390 g/mol. The number of aromatic nitrogens is 5. The summed E-state index contributed by atoms with van der Waals surface area (Å²) in [4.78, 5) is 29.0. The number of hydrogen-bond donors (Lipinski definition) is 0. The molecule has 0 atom stereocenters. The number of carbonyl (C=O) groups is 1. The number of rotatable bonds is 8. The van der Waals surface area contributed by atoms with Crippen LogP contribution in [0.15, 0.2) is 35.6 Å². The minimum absolute atomic E-state index is 0.208. The van der Waals surface area contributed by atoms with Crippen LogP contribution in [0.4, 0.5) is 0 Å². The SMILES string of the molecule is COc1cc2c(=O)n(COC(=O)C(C)(C)C)cnc2cc1OCCCn1ccnn1. The van der Waals surface area contributed by atoms with Crippen LogP contribution in [-0.2, 0) is 22.8 Å². The van der Waals surface area contributed by atoms with Crippen molar-refractivity contribution >= 4 is 16.9 Å². The summed E-state index contributed by atoms with van der Waals surface area (Å²) in [6.07, 6.45) is 5.47. The third kappa shape index (κ3) is 4.94. The van der Waals surface area contributed by atoms with Crippen molar-refractivity contribution in [2.45, 2.75) is 40.5 Å². The van der Waals surface area contributed by atoms with Gasteiger partial charge in [0.2, 0.25) is 0 Å². The molecule has 0 aliphatic rings. The molecule has 0 aliphatic carbocycles. The zero-order valence-corrected chi connectivity index (χ0v) is 17.5. The van der Waals surface area contributed by atoms with Gasteiger partial charge in [-0.1, -0.05) is 5.21 Å². The Kier molecular flexibility index (Phi) is 6.34. The molecule has 1 aromatic carbocycles. The number of methoxy groups -OCH3 is 1. The molecule has 2 heterocycles. The first-order valence-corrected chi connectivity index (χ1v) is 9.51. The molecule has 0 aliphatic heterocycles. The number of aryl methyl sites for hydroxylation is 1. The predicted molar refractivity (Wildman–Crippen MR) is 108 cm³/mol. The van der Waals surface area contributed by atoms with Gasteiger partial charge in [0.15, 0.2) is 18.2 Å². The number of benzene rings is 1. The van der Waals surface area contributed by atoms with Crippen molar-refractivity contribution in [2.24, 2.45) is 5.41 Å². The molecule has 0 N–H and O–H groups in total. The summed E-state index contributed by atoms with van der Waals surface area (Å²) < 4.78 is 19.4. The Hall–Kier alpha value is -3.43. The van der Waals surface area contributed by atoms with E-state index in [4.69, 9.17) is 14.2 Å². The fraction of sp³-hybridized carbons (Fsp3) is 0.450. The van der Waals surface area contributed by atoms with Crippen LogP contribution >= 0.6 is 0 Å². The molecule has 0 saturated carbocycles. The van der Waals surface area contributed by atoms with Crippen LogP contribution in [0.1, 0.15) is 27.2 Å². The van der Waals surface area contributed by atoms with Crippen LogP contribution in [0, 0.1) is 5.41 Å². The van der Waals surface area contributed by atoms with Crippen molar-refractivity contribution in [3.8, 4) is 11.5 Å². The minimum Gasteiger partial charge on any atom is -0.493 e. The van der Waals surface area contributed by atoms with Gasteiger partial charge in [-0.2, -0.15) is 0 Å². The molecule has 0 radical (unpaired) electrons. The Morgan fingerprint density at radius 1 is 1.20 bits per heavy atom. The highest BCUT2D eigenvalue weighted by molar-refractivity contribution is 5.81. The fourth-order valence-electron chi connectivity index (χ4n) is 2.64. The van der Waals surface area contributed by atoms with Gasteiger partial charge in [0, 0.05) is 25.2 Å². The third-order valence-corrected chi connectivity index (χ3v) is 4.32. The Labute approximate surface area is 173 Å². The van der Waals surface area contributed by atoms with E-state index in [1.807, 2.05) is 0 Å². The molecular formula is C20H25N5O5. The van der Waals surface area contributed by atoms with Gasteiger partial charge >= 0.3 is 5.97 Å². The van der Waals surface area contributed by atoms with Gasteiger partial charge in [-0.15, -0.1) is 5.10 Å². The van der Waals surface area contributed by atoms with Crippen LogP contribution in [0.2, 0.25) is 0 Å². The van der Waals surface area contributed by atoms with E-state index in [2.05, 4.69) is 15.3 Å². The van der Waals surface area contributed by atoms with Crippen LogP contribution in [-0.4, -0.2) is 44.2 Å². The lowest BCUT2D eigenvalue weighted by Gasteiger charge is -2.17. The van der Waals surface area contributed by atoms with Crippen LogP contribution < -0.4 is 15.0 Å². The Bertz CT molecular complexity index is 1070. The standard InChI is InChI=1S/C20H25N5O5/c1-20(2,3)19(27)30-13-24-12-21-15-11-17(16(28-4)10-14(15)18(24)26)29-9-5-7-25-8-6-22-23-25/h6,8,10-12H,5,7,9,13H2,1-4H3. The third-order valence-electron chi connectivity index (χ3n) is 4.32. The first-order chi connectivity index (χ1) is 14.3. The van der Waals surface area contributed by atoms with Crippen LogP contribution in [0.25, 0.3) is 10.9 Å². The molecule has 30 heavy (non-hydrogen) atoms. The molecule has 0 unspecified atom stereocenters. The molecule has 2 aromatic heterocycles. The number of carbonyl (C=O) groups excluding carboxylic acids is 1. The molecule has 3 aromatic rings. The van der Waals surface area contributed by atoms with Crippen molar-refractivity contribution in [2.75, 3.05) is 13.7 Å². The molecule has 0 saturated heterocycles. The molecule has 3 rings (SSSR count). The van der Waals surface area contributed by atoms with Gasteiger partial charge in [-0.3, -0.25) is 18.8 Å². The van der Waals surface area contributed by atoms with Crippen molar-refractivity contribution in [1.29, 1.82) is 0 Å². The number of esters is 1. The van der Waals surface area contributed by atoms with Gasteiger partial charge in [-0.25, -0.2) is 4.98 Å². The summed E-state index contributed by atoms with van der Waals surface area (Å²) in [6.45, 7) is 6.13. The summed E-state index contributed by atoms with van der Waals surface area (Å²) in [6, 6.07) is 3.25. The van der Waals surface area contributed by atoms with Crippen LogP contribution in [0.5, 0.6) is 11.5 Å². The predicted octanol–water partition coefficient (Wildman–Crippen LogP) is 2.01. The molecule has 0 amide bonds. The van der Waals surface area contributed by atoms with Crippen LogP contribution in [0.3, 0.4) is 0 Å². The average Bonchev–Trinajstić information content (AvgIpc) is 3.23. The van der Waals surface area contributed by atoms with Crippen molar-refractivity contribution in [1.82, 2.24) is 24.5 Å². The largest absolute Gasteiger partial charge is 0.493 e. The summed E-state index contributed by atoms with van der Waals surface area (Å²) in [5.74, 6) is 0.515. The number of hydrogen-bond acceptors (Lipinski definition) is 8. The lowest BCUT2D eigenvalue weighted by atomic mass is 9.98. The maximum absolute atomic E-state index is 12.8. The minimum atomic E-state index is -0.655. The van der Waals surface area contributed by atoms with Gasteiger partial charge in [0.1, 0.15) is 6.33 Å². The van der Waals surface area contributed by atoms with E-state index in [1.165, 1.54) is 18.0 Å². The first kappa shape index (κ1) is 21.3. The summed E-state index contributed by atoms with van der Waals surface area (Å²) in [5, 5.41) is 8.00. The summed E-state index contributed by atoms with van der Waals surface area (Å²) >= 11 is 0. The van der Waals surface area contributed by atoms with Gasteiger partial charge in [0.05, 0.1) is 36.2 Å². The second-order valence-electron chi connectivity index (χ2n) is 7.72. The second-order valence-corrected chi connectivity index (χ2v) is 7.72. The zero-order chi connectivity index (χ0) is 21.7. The van der Waals surface area contributed by atoms with Gasteiger partial charge < -0.3 is 14.2 Å². The lowest BCUT2D eigenvalue weighted by Crippen LogP contribution is -2.28. The van der Waals surface area contributed by atoms with E-state index >= 15 is 0 Å². The molecule has 160 valence electrons. The van der Waals surface area contributed by atoms with E-state index in [-0.39, 0.29) is 12.3 Å². The molecule has 0 fully saturated rings. The zero-order valence-electron chi connectivity index (χ0n) is 17.5. The number of nitrogens with zero attached hydrogens (tertiary/aromatic N) is 5. The van der Waals surface area contributed by atoms with Crippen molar-refractivity contribution < 1.29 is 19.0 Å². The fourth-order valence-corrected chi connectivity index (χ4v) is 2.64. The molecule has 0 spiro atoms. The van der Waals surface area contributed by atoms with Gasteiger partial charge in [-0.05, 0) is 26.8 Å². The summed E-state index contributed by atoms with van der Waals surface area (Å²) in [7, 11) is 1.50. The Morgan fingerprint density at radius 3 is 2.67 bits per heavy atom. The smallest absolute Gasteiger partial charge is 0.312 e. The monoisotopic (exact) mass is 415 g/mol. The van der Waals surface area contributed by atoms with Crippen molar-refractivity contribution in [3.63, 3.8) is 0 Å². The van der Waals surface area contributed by atoms with E-state index in [0.29, 0.717) is 35.6 Å².